The van der Waals surface area contributed by atoms with Crippen LogP contribution < -0.4 is 0 Å². The van der Waals surface area contributed by atoms with Gasteiger partial charge in [-0.15, -0.1) is 23.1 Å². The number of aliphatic carboxylic acids is 1. The van der Waals surface area contributed by atoms with E-state index in [1.807, 2.05) is 47.8 Å². The molecule has 3 nitrogen and oxygen atoms in total. The summed E-state index contributed by atoms with van der Waals surface area (Å²) in [5, 5.41) is 11.7. The van der Waals surface area contributed by atoms with Gasteiger partial charge in [0.2, 0.25) is 5.78 Å². The number of carbonyl (C=O) groups excluding carboxylic acids is 1. The molecule has 1 unspecified atom stereocenters. The van der Waals surface area contributed by atoms with Gasteiger partial charge in [-0.05, 0) is 67.5 Å². The van der Waals surface area contributed by atoms with Gasteiger partial charge in [0.25, 0.3) is 0 Å². The van der Waals surface area contributed by atoms with Crippen LogP contribution in [0.1, 0.15) is 40.6 Å². The van der Waals surface area contributed by atoms with Crippen molar-refractivity contribution in [2.24, 2.45) is 0 Å². The Labute approximate surface area is 173 Å². The highest BCUT2D eigenvalue weighted by atomic mass is 32.2. The minimum Gasteiger partial charge on any atom is -0.480 e. The van der Waals surface area contributed by atoms with Crippen molar-refractivity contribution in [2.45, 2.75) is 35.8 Å². The quantitative estimate of drug-likeness (QED) is 0.350. The SMILES string of the molecule is CC(CCCc1ccccc1)(Sc1ccc(C(=O)c2cccs2)cc1)C(=O)O. The molecule has 144 valence electrons. The molecule has 2 aromatic carbocycles. The maximum Gasteiger partial charge on any atom is 0.319 e. The van der Waals surface area contributed by atoms with Crippen LogP contribution in [0.2, 0.25) is 0 Å². The summed E-state index contributed by atoms with van der Waals surface area (Å²) in [6.07, 6.45) is 2.23. The van der Waals surface area contributed by atoms with Crippen molar-refractivity contribution >= 4 is 34.9 Å². The summed E-state index contributed by atoms with van der Waals surface area (Å²) in [4.78, 5) is 25.9. The van der Waals surface area contributed by atoms with Crippen LogP contribution in [-0.4, -0.2) is 21.6 Å². The predicted octanol–water partition coefficient (Wildman–Crippen LogP) is 5.94. The molecule has 0 radical (unpaired) electrons. The molecule has 1 aromatic heterocycles. The molecule has 28 heavy (non-hydrogen) atoms. The lowest BCUT2D eigenvalue weighted by Gasteiger charge is -2.24. The lowest BCUT2D eigenvalue weighted by molar-refractivity contribution is -0.139. The number of aryl methyl sites for hydroxylation is 1. The van der Waals surface area contributed by atoms with E-state index in [-0.39, 0.29) is 5.78 Å². The zero-order valence-electron chi connectivity index (χ0n) is 15.6. The molecule has 0 spiro atoms. The molecule has 1 heterocycles. The normalized spacial score (nSPS) is 13.0. The number of ketones is 1. The van der Waals surface area contributed by atoms with Gasteiger partial charge in [0.1, 0.15) is 4.75 Å². The Morgan fingerprint density at radius 1 is 1.00 bits per heavy atom. The summed E-state index contributed by atoms with van der Waals surface area (Å²) >= 11 is 2.76. The zero-order valence-corrected chi connectivity index (χ0v) is 17.3. The number of thiophene rings is 1. The first-order chi connectivity index (χ1) is 13.5. The summed E-state index contributed by atoms with van der Waals surface area (Å²) in [7, 11) is 0. The second-order valence-electron chi connectivity index (χ2n) is 6.81. The number of hydrogen-bond acceptors (Lipinski definition) is 4. The van der Waals surface area contributed by atoms with E-state index in [2.05, 4.69) is 12.1 Å². The Kier molecular flexibility index (Phi) is 6.70. The number of carboxylic acids is 1. The van der Waals surface area contributed by atoms with Crippen LogP contribution >= 0.6 is 23.1 Å². The minimum absolute atomic E-state index is 0.00425. The topological polar surface area (TPSA) is 54.4 Å². The average Bonchev–Trinajstić information content (AvgIpc) is 3.23. The third-order valence-electron chi connectivity index (χ3n) is 4.62. The Bertz CT molecular complexity index is 918. The van der Waals surface area contributed by atoms with Crippen molar-refractivity contribution in [2.75, 3.05) is 0 Å². The molecule has 0 aliphatic heterocycles. The molecule has 0 amide bonds. The van der Waals surface area contributed by atoms with E-state index >= 15 is 0 Å². The number of rotatable bonds is 9. The van der Waals surface area contributed by atoms with E-state index in [4.69, 9.17) is 0 Å². The second-order valence-corrected chi connectivity index (χ2v) is 9.33. The van der Waals surface area contributed by atoms with Crippen molar-refractivity contribution in [3.05, 3.63) is 88.1 Å². The molecule has 0 saturated heterocycles. The minimum atomic E-state index is -0.909. The lowest BCUT2D eigenvalue weighted by atomic mass is 10.0. The first-order valence-corrected chi connectivity index (χ1v) is 10.8. The Morgan fingerprint density at radius 3 is 2.32 bits per heavy atom. The number of benzene rings is 2. The summed E-state index contributed by atoms with van der Waals surface area (Å²) in [6, 6.07) is 21.0. The third-order valence-corrected chi connectivity index (χ3v) is 6.82. The van der Waals surface area contributed by atoms with Gasteiger partial charge in [0, 0.05) is 10.5 Å². The van der Waals surface area contributed by atoms with Gasteiger partial charge < -0.3 is 5.11 Å². The van der Waals surface area contributed by atoms with E-state index in [0.29, 0.717) is 16.9 Å². The van der Waals surface area contributed by atoms with Crippen molar-refractivity contribution in [3.8, 4) is 0 Å². The molecule has 1 atom stereocenters. The molecular formula is C23H22O3S2. The highest BCUT2D eigenvalue weighted by Gasteiger charge is 2.34. The molecule has 5 heteroatoms. The molecule has 0 saturated carbocycles. The fourth-order valence-electron chi connectivity index (χ4n) is 2.96. The Hall–Kier alpha value is -2.37. The van der Waals surface area contributed by atoms with Gasteiger partial charge in [-0.25, -0.2) is 0 Å². The van der Waals surface area contributed by atoms with Gasteiger partial charge in [-0.2, -0.15) is 0 Å². The largest absolute Gasteiger partial charge is 0.480 e. The monoisotopic (exact) mass is 410 g/mol. The Balaban J connectivity index is 1.64. The summed E-state index contributed by atoms with van der Waals surface area (Å²) in [5.41, 5.74) is 1.84. The van der Waals surface area contributed by atoms with E-state index in [1.165, 1.54) is 28.7 Å². The summed E-state index contributed by atoms with van der Waals surface area (Å²) < 4.78 is -0.909. The molecular weight excluding hydrogens is 388 g/mol. The summed E-state index contributed by atoms with van der Waals surface area (Å²) in [6.45, 7) is 1.77. The van der Waals surface area contributed by atoms with Crippen molar-refractivity contribution < 1.29 is 14.7 Å². The number of carboxylic acid groups (broad SMARTS) is 1. The number of carbonyl (C=O) groups is 2. The van der Waals surface area contributed by atoms with Crippen LogP contribution in [0, 0.1) is 0 Å². The van der Waals surface area contributed by atoms with Gasteiger partial charge in [-0.3, -0.25) is 9.59 Å². The second kappa shape index (κ2) is 9.22. The maximum absolute atomic E-state index is 12.4. The molecule has 1 N–H and O–H groups in total. The molecule has 0 aliphatic rings. The fraction of sp³-hybridized carbons (Fsp3) is 0.217. The molecule has 0 bridgehead atoms. The number of hydrogen-bond donors (Lipinski definition) is 1. The smallest absolute Gasteiger partial charge is 0.319 e. The van der Waals surface area contributed by atoms with Crippen LogP contribution in [-0.2, 0) is 11.2 Å². The molecule has 3 aromatic rings. The van der Waals surface area contributed by atoms with E-state index in [0.717, 1.165) is 17.7 Å². The maximum atomic E-state index is 12.4. The lowest BCUT2D eigenvalue weighted by Crippen LogP contribution is -2.31. The van der Waals surface area contributed by atoms with Crippen molar-refractivity contribution in [1.29, 1.82) is 0 Å². The van der Waals surface area contributed by atoms with Crippen molar-refractivity contribution in [1.82, 2.24) is 0 Å². The average molecular weight is 411 g/mol. The highest BCUT2D eigenvalue weighted by Crippen LogP contribution is 2.37. The van der Waals surface area contributed by atoms with Gasteiger partial charge in [0.15, 0.2) is 0 Å². The van der Waals surface area contributed by atoms with Crippen LogP contribution in [0.15, 0.2) is 77.0 Å². The van der Waals surface area contributed by atoms with E-state index < -0.39 is 10.7 Å². The van der Waals surface area contributed by atoms with Gasteiger partial charge in [0.05, 0.1) is 4.88 Å². The van der Waals surface area contributed by atoms with Crippen molar-refractivity contribution in [3.63, 3.8) is 0 Å². The molecule has 3 rings (SSSR count). The third kappa shape index (κ3) is 5.12. The Morgan fingerprint density at radius 2 is 1.71 bits per heavy atom. The fourth-order valence-corrected chi connectivity index (χ4v) is 4.77. The standard InChI is InChI=1S/C23H22O3S2/c1-23(22(25)26,15-5-9-17-7-3-2-4-8-17)28-19-13-11-18(12-14-19)21(24)20-10-6-16-27-20/h2-4,6-8,10-14,16H,5,9,15H2,1H3,(H,25,26). The van der Waals surface area contributed by atoms with E-state index in [9.17, 15) is 14.7 Å². The van der Waals surface area contributed by atoms with E-state index in [1.54, 1.807) is 19.1 Å². The first-order valence-electron chi connectivity index (χ1n) is 9.12. The number of thioether (sulfide) groups is 1. The highest BCUT2D eigenvalue weighted by molar-refractivity contribution is 8.01. The van der Waals surface area contributed by atoms with Crippen LogP contribution in [0.4, 0.5) is 0 Å². The summed E-state index contributed by atoms with van der Waals surface area (Å²) in [5.74, 6) is -0.820. The predicted molar refractivity (Wildman–Crippen MR) is 115 cm³/mol. The zero-order chi connectivity index (χ0) is 20.0. The van der Waals surface area contributed by atoms with Crippen LogP contribution in [0.3, 0.4) is 0 Å². The van der Waals surface area contributed by atoms with Crippen LogP contribution in [0.5, 0.6) is 0 Å². The molecule has 0 fully saturated rings. The van der Waals surface area contributed by atoms with Crippen LogP contribution in [0.25, 0.3) is 0 Å². The molecule has 0 aliphatic carbocycles. The van der Waals surface area contributed by atoms with Gasteiger partial charge >= 0.3 is 5.97 Å². The van der Waals surface area contributed by atoms with Gasteiger partial charge in [-0.1, -0.05) is 36.4 Å². The first kappa shape index (κ1) is 20.4.